The minimum Gasteiger partial charge on any atom is -0.356 e. The number of carbonyl (C=O) groups excluding carboxylic acids is 2. The number of hydrogen-bond donors (Lipinski definition) is 2. The first-order chi connectivity index (χ1) is 14.0. The number of carbonyl (C=O) groups is 2. The first-order valence-corrected chi connectivity index (χ1v) is 13.5. The average Bonchev–Trinajstić information content (AvgIpc) is 3.17. The number of nitrogens with zero attached hydrogens (tertiary/aromatic N) is 2. The number of thioether (sulfide) groups is 2. The summed E-state index contributed by atoms with van der Waals surface area (Å²) in [6.45, 7) is 9.82. The van der Waals surface area contributed by atoms with Crippen molar-refractivity contribution in [1.29, 1.82) is 0 Å². The number of nitrogens with one attached hydrogen (secondary N) is 2. The molecule has 0 aliphatic carbocycles. The van der Waals surface area contributed by atoms with Gasteiger partial charge in [0.05, 0.1) is 0 Å². The van der Waals surface area contributed by atoms with E-state index in [4.69, 9.17) is 0 Å². The molecule has 1 aromatic heterocycles. The summed E-state index contributed by atoms with van der Waals surface area (Å²) in [4.78, 5) is 24.5. The summed E-state index contributed by atoms with van der Waals surface area (Å²) in [6.07, 6.45) is 5.82. The van der Waals surface area contributed by atoms with E-state index in [1.54, 1.807) is 34.9 Å². The van der Waals surface area contributed by atoms with Gasteiger partial charge >= 0.3 is 0 Å². The quantitative estimate of drug-likeness (QED) is 0.277. The molecule has 1 aromatic rings. The number of aromatic nitrogens is 2. The lowest BCUT2D eigenvalue weighted by atomic mass is 10.1. The van der Waals surface area contributed by atoms with Crippen LogP contribution >= 0.6 is 34.9 Å². The summed E-state index contributed by atoms with van der Waals surface area (Å²) < 4.78 is 1.76. The molecule has 0 spiro atoms. The van der Waals surface area contributed by atoms with E-state index in [0.29, 0.717) is 11.5 Å². The van der Waals surface area contributed by atoms with E-state index in [2.05, 4.69) is 34.7 Å². The molecule has 0 fully saturated rings. The minimum absolute atomic E-state index is 0.00634. The smallest absolute Gasteiger partial charge is 0.223 e. The van der Waals surface area contributed by atoms with E-state index in [0.717, 1.165) is 60.3 Å². The van der Waals surface area contributed by atoms with Crippen LogP contribution in [0.25, 0.3) is 0 Å². The van der Waals surface area contributed by atoms with Crippen LogP contribution < -0.4 is 10.6 Å². The van der Waals surface area contributed by atoms with Gasteiger partial charge in [-0.2, -0.15) is 0 Å². The summed E-state index contributed by atoms with van der Waals surface area (Å²) in [6, 6.07) is 0. The molecule has 2 amide bonds. The second-order valence-electron chi connectivity index (χ2n) is 6.96. The van der Waals surface area contributed by atoms with Crippen LogP contribution in [-0.2, 0) is 9.59 Å². The fourth-order valence-electron chi connectivity index (χ4n) is 2.48. The lowest BCUT2D eigenvalue weighted by Crippen LogP contribution is -2.32. The number of hydrogen-bond acceptors (Lipinski definition) is 7. The third kappa shape index (κ3) is 10.7. The largest absolute Gasteiger partial charge is 0.356 e. The van der Waals surface area contributed by atoms with Crippen LogP contribution in [-0.4, -0.2) is 46.6 Å². The van der Waals surface area contributed by atoms with Gasteiger partial charge in [-0.25, -0.2) is 0 Å². The van der Waals surface area contributed by atoms with Gasteiger partial charge in [0.2, 0.25) is 11.8 Å². The van der Waals surface area contributed by atoms with E-state index in [-0.39, 0.29) is 23.7 Å². The monoisotopic (exact) mass is 460 g/mol. The van der Waals surface area contributed by atoms with Gasteiger partial charge in [0, 0.05) is 36.4 Å². The summed E-state index contributed by atoms with van der Waals surface area (Å²) in [5, 5.41) is 14.5. The zero-order chi connectivity index (χ0) is 21.5. The predicted molar refractivity (Wildman–Crippen MR) is 125 cm³/mol. The zero-order valence-corrected chi connectivity index (χ0v) is 20.6. The standard InChI is InChI=1S/C20H36N4O2S3/c1-5-9-11-21-17(25)15(7-3)13-27-19-23-24-20(29-19)28-14-16(8-4)18(26)22-12-10-6-2/h15-16H,5-14H2,1-4H3,(H,21,25)(H,22,26). The molecule has 0 bridgehead atoms. The molecule has 2 unspecified atom stereocenters. The summed E-state index contributed by atoms with van der Waals surface area (Å²) in [5.41, 5.74) is 0. The van der Waals surface area contributed by atoms with Gasteiger partial charge in [0.15, 0.2) is 8.68 Å². The number of amides is 2. The van der Waals surface area contributed by atoms with Crippen molar-refractivity contribution < 1.29 is 9.59 Å². The molecular weight excluding hydrogens is 424 g/mol. The van der Waals surface area contributed by atoms with Crippen LogP contribution in [0.3, 0.4) is 0 Å². The molecule has 0 radical (unpaired) electrons. The molecule has 0 aliphatic heterocycles. The molecule has 1 rings (SSSR count). The topological polar surface area (TPSA) is 84.0 Å². The molecule has 6 nitrogen and oxygen atoms in total. The van der Waals surface area contributed by atoms with Gasteiger partial charge in [-0.15, -0.1) is 10.2 Å². The first-order valence-electron chi connectivity index (χ1n) is 10.7. The van der Waals surface area contributed by atoms with Crippen LogP contribution in [0.5, 0.6) is 0 Å². The van der Waals surface area contributed by atoms with E-state index >= 15 is 0 Å². The van der Waals surface area contributed by atoms with Crippen LogP contribution in [0.2, 0.25) is 0 Å². The Hall–Kier alpha value is -0.800. The summed E-state index contributed by atoms with van der Waals surface area (Å²) in [7, 11) is 0. The molecule has 166 valence electrons. The summed E-state index contributed by atoms with van der Waals surface area (Å²) >= 11 is 4.73. The Morgan fingerprint density at radius 2 is 1.24 bits per heavy atom. The molecular formula is C20H36N4O2S3. The minimum atomic E-state index is -0.00634. The molecule has 29 heavy (non-hydrogen) atoms. The number of rotatable bonds is 16. The van der Waals surface area contributed by atoms with E-state index in [1.165, 1.54) is 0 Å². The average molecular weight is 461 g/mol. The van der Waals surface area contributed by atoms with Crippen molar-refractivity contribution in [3.05, 3.63) is 0 Å². The van der Waals surface area contributed by atoms with Gasteiger partial charge in [0.1, 0.15) is 0 Å². The Morgan fingerprint density at radius 1 is 0.828 bits per heavy atom. The highest BCUT2D eigenvalue weighted by Crippen LogP contribution is 2.31. The van der Waals surface area contributed by atoms with Crippen molar-refractivity contribution in [2.75, 3.05) is 24.6 Å². The Morgan fingerprint density at radius 3 is 1.59 bits per heavy atom. The van der Waals surface area contributed by atoms with Gasteiger partial charge < -0.3 is 10.6 Å². The van der Waals surface area contributed by atoms with Crippen LogP contribution in [0.1, 0.15) is 66.2 Å². The van der Waals surface area contributed by atoms with E-state index < -0.39 is 0 Å². The molecule has 0 saturated heterocycles. The molecule has 1 heterocycles. The summed E-state index contributed by atoms with van der Waals surface area (Å²) in [5.74, 6) is 1.68. The maximum atomic E-state index is 12.2. The highest BCUT2D eigenvalue weighted by atomic mass is 32.2. The van der Waals surface area contributed by atoms with Crippen molar-refractivity contribution in [3.63, 3.8) is 0 Å². The second kappa shape index (κ2) is 16.0. The van der Waals surface area contributed by atoms with Gasteiger partial charge in [-0.05, 0) is 25.7 Å². The normalized spacial score (nSPS) is 13.1. The molecule has 2 N–H and O–H groups in total. The van der Waals surface area contributed by atoms with E-state index in [1.807, 2.05) is 13.8 Å². The van der Waals surface area contributed by atoms with Crippen molar-refractivity contribution >= 4 is 46.7 Å². The van der Waals surface area contributed by atoms with Crippen molar-refractivity contribution in [2.45, 2.75) is 74.9 Å². The van der Waals surface area contributed by atoms with Crippen LogP contribution in [0.4, 0.5) is 0 Å². The first kappa shape index (κ1) is 26.2. The van der Waals surface area contributed by atoms with Crippen LogP contribution in [0.15, 0.2) is 8.68 Å². The Balaban J connectivity index is 2.42. The molecule has 0 aliphatic rings. The fourth-order valence-corrected chi connectivity index (χ4v) is 5.96. The van der Waals surface area contributed by atoms with Crippen molar-refractivity contribution in [2.24, 2.45) is 11.8 Å². The SMILES string of the molecule is CCCCNC(=O)C(CC)CSc1nnc(SCC(CC)C(=O)NCCCC)s1. The van der Waals surface area contributed by atoms with Gasteiger partial charge in [-0.1, -0.05) is 75.4 Å². The van der Waals surface area contributed by atoms with E-state index in [9.17, 15) is 9.59 Å². The third-order valence-corrected chi connectivity index (χ3v) is 8.11. The third-order valence-electron chi connectivity index (χ3n) is 4.59. The lowest BCUT2D eigenvalue weighted by molar-refractivity contribution is -0.125. The Kier molecular flexibility index (Phi) is 14.4. The maximum Gasteiger partial charge on any atom is 0.223 e. The Bertz CT molecular complexity index is 550. The maximum absolute atomic E-state index is 12.2. The van der Waals surface area contributed by atoms with Crippen molar-refractivity contribution in [3.8, 4) is 0 Å². The highest BCUT2D eigenvalue weighted by Gasteiger charge is 2.19. The molecule has 0 saturated carbocycles. The second-order valence-corrected chi connectivity index (χ2v) is 10.5. The molecule has 9 heteroatoms. The fraction of sp³-hybridized carbons (Fsp3) is 0.800. The highest BCUT2D eigenvalue weighted by molar-refractivity contribution is 8.03. The predicted octanol–water partition coefficient (Wildman–Crippen LogP) is 4.61. The van der Waals surface area contributed by atoms with Gasteiger partial charge in [0.25, 0.3) is 0 Å². The Labute approximate surface area is 188 Å². The molecule has 0 aromatic carbocycles. The molecule has 2 atom stereocenters. The van der Waals surface area contributed by atoms with Crippen molar-refractivity contribution in [1.82, 2.24) is 20.8 Å². The van der Waals surface area contributed by atoms with Crippen LogP contribution in [0, 0.1) is 11.8 Å². The number of unbranched alkanes of at least 4 members (excludes halogenated alkanes) is 2. The van der Waals surface area contributed by atoms with Gasteiger partial charge in [-0.3, -0.25) is 9.59 Å². The lowest BCUT2D eigenvalue weighted by Gasteiger charge is -2.13. The zero-order valence-electron chi connectivity index (χ0n) is 18.2.